The number of thiophene rings is 1. The van der Waals surface area contributed by atoms with Crippen LogP contribution in [0.2, 0.25) is 0 Å². The third-order valence-electron chi connectivity index (χ3n) is 3.51. The van der Waals surface area contributed by atoms with Gasteiger partial charge in [0.25, 0.3) is 0 Å². The van der Waals surface area contributed by atoms with Crippen LogP contribution in [0.15, 0.2) is 60.7 Å². The van der Waals surface area contributed by atoms with Crippen LogP contribution < -0.4 is 0 Å². The number of ketones is 1. The normalized spacial score (nSPS) is 10.6. The van der Waals surface area contributed by atoms with Crippen molar-refractivity contribution in [3.8, 4) is 10.4 Å². The second-order valence-electron chi connectivity index (χ2n) is 5.23. The predicted octanol–water partition coefficient (Wildman–Crippen LogP) is 5.29. The maximum absolute atomic E-state index is 13.8. The number of benzene rings is 2. The van der Waals surface area contributed by atoms with Gasteiger partial charge in [-0.15, -0.1) is 11.3 Å². The van der Waals surface area contributed by atoms with Crippen LogP contribution in [-0.2, 0) is 6.42 Å². The molecule has 0 aliphatic carbocycles. The summed E-state index contributed by atoms with van der Waals surface area (Å²) in [6.07, 6.45) is 0.373. The molecule has 3 heteroatoms. The highest BCUT2D eigenvalue weighted by molar-refractivity contribution is 7.17. The average molecular weight is 310 g/mol. The summed E-state index contributed by atoms with van der Waals surface area (Å²) in [5, 5.41) is 0. The fourth-order valence-corrected chi connectivity index (χ4v) is 3.24. The highest BCUT2D eigenvalue weighted by Crippen LogP contribution is 2.30. The minimum absolute atomic E-state index is 0.0662. The van der Waals surface area contributed by atoms with Crippen molar-refractivity contribution >= 4 is 17.1 Å². The van der Waals surface area contributed by atoms with E-state index in [1.807, 2.05) is 37.3 Å². The van der Waals surface area contributed by atoms with Gasteiger partial charge in [-0.1, -0.05) is 48.0 Å². The zero-order chi connectivity index (χ0) is 15.5. The van der Waals surface area contributed by atoms with E-state index in [0.717, 1.165) is 10.4 Å². The van der Waals surface area contributed by atoms with Gasteiger partial charge in [-0.2, -0.15) is 0 Å². The van der Waals surface area contributed by atoms with Crippen molar-refractivity contribution in [1.29, 1.82) is 0 Å². The zero-order valence-electron chi connectivity index (χ0n) is 12.2. The van der Waals surface area contributed by atoms with Crippen LogP contribution in [0, 0.1) is 12.7 Å². The monoisotopic (exact) mass is 310 g/mol. The first kappa shape index (κ1) is 14.7. The summed E-state index contributed by atoms with van der Waals surface area (Å²) in [7, 11) is 0. The summed E-state index contributed by atoms with van der Waals surface area (Å²) in [6, 6.07) is 18.2. The van der Waals surface area contributed by atoms with Gasteiger partial charge in [0, 0.05) is 16.9 Å². The summed E-state index contributed by atoms with van der Waals surface area (Å²) in [5.41, 5.74) is 2.72. The van der Waals surface area contributed by atoms with Crippen molar-refractivity contribution in [2.45, 2.75) is 13.3 Å². The lowest BCUT2D eigenvalue weighted by Gasteiger charge is -2.00. The minimum Gasteiger partial charge on any atom is -0.293 e. The van der Waals surface area contributed by atoms with Gasteiger partial charge in [-0.05, 0) is 30.7 Å². The molecular formula is C19H15FOS. The molecule has 0 bridgehead atoms. The smallest absolute Gasteiger partial charge is 0.177 e. The number of halogens is 1. The van der Waals surface area contributed by atoms with E-state index >= 15 is 0 Å². The molecule has 0 aliphatic heterocycles. The number of rotatable bonds is 4. The molecule has 0 atom stereocenters. The number of carbonyl (C=O) groups excluding carboxylic acids is 1. The Balaban J connectivity index is 1.80. The summed E-state index contributed by atoms with van der Waals surface area (Å²) >= 11 is 1.34. The van der Waals surface area contributed by atoms with E-state index in [2.05, 4.69) is 0 Å². The van der Waals surface area contributed by atoms with Gasteiger partial charge in [0.15, 0.2) is 5.78 Å². The molecule has 1 heterocycles. The van der Waals surface area contributed by atoms with Crippen LogP contribution >= 0.6 is 11.3 Å². The minimum atomic E-state index is -0.262. The summed E-state index contributed by atoms with van der Waals surface area (Å²) in [6.45, 7) is 2.02. The molecule has 1 aromatic heterocycles. The Morgan fingerprint density at radius 2 is 1.73 bits per heavy atom. The molecule has 3 aromatic rings. The Morgan fingerprint density at radius 1 is 1.00 bits per heavy atom. The molecular weight excluding hydrogens is 295 g/mol. The molecule has 2 aromatic carbocycles. The van der Waals surface area contributed by atoms with Crippen LogP contribution in [0.1, 0.15) is 20.8 Å². The maximum atomic E-state index is 13.8. The van der Waals surface area contributed by atoms with Crippen molar-refractivity contribution in [2.75, 3.05) is 0 Å². The van der Waals surface area contributed by atoms with Gasteiger partial charge < -0.3 is 0 Å². The second kappa shape index (κ2) is 6.24. The van der Waals surface area contributed by atoms with E-state index in [-0.39, 0.29) is 11.6 Å². The fourth-order valence-electron chi connectivity index (χ4n) is 2.27. The van der Waals surface area contributed by atoms with E-state index in [9.17, 15) is 9.18 Å². The first-order chi connectivity index (χ1) is 10.6. The van der Waals surface area contributed by atoms with Crippen molar-refractivity contribution < 1.29 is 9.18 Å². The maximum Gasteiger partial charge on any atom is 0.177 e. The Hall–Kier alpha value is -2.26. The molecule has 0 unspecified atom stereocenters. The topological polar surface area (TPSA) is 17.1 Å². The molecule has 0 amide bonds. The molecule has 0 spiro atoms. The molecule has 0 fully saturated rings. The quantitative estimate of drug-likeness (QED) is 0.599. The van der Waals surface area contributed by atoms with E-state index in [4.69, 9.17) is 0 Å². The Morgan fingerprint density at radius 3 is 2.45 bits per heavy atom. The predicted molar refractivity (Wildman–Crippen MR) is 88.9 cm³/mol. The third-order valence-corrected chi connectivity index (χ3v) is 4.66. The van der Waals surface area contributed by atoms with Crippen molar-refractivity contribution in [1.82, 2.24) is 0 Å². The second-order valence-corrected chi connectivity index (χ2v) is 6.31. The lowest BCUT2D eigenvalue weighted by molar-refractivity contribution is 0.0997. The molecule has 0 aliphatic rings. The number of Topliss-reactive ketones (excluding diaryl/α,β-unsaturated/α-hetero) is 1. The van der Waals surface area contributed by atoms with Crippen LogP contribution in [0.25, 0.3) is 10.4 Å². The lowest BCUT2D eigenvalue weighted by atomic mass is 10.1. The van der Waals surface area contributed by atoms with Crippen molar-refractivity contribution in [2.24, 2.45) is 0 Å². The van der Waals surface area contributed by atoms with Crippen molar-refractivity contribution in [3.05, 3.63) is 82.5 Å². The van der Waals surface area contributed by atoms with Gasteiger partial charge in [-0.3, -0.25) is 4.79 Å². The number of hydrogen-bond acceptors (Lipinski definition) is 2. The summed E-state index contributed by atoms with van der Waals surface area (Å²) in [4.78, 5) is 13.8. The number of hydrogen-bond donors (Lipinski definition) is 0. The average Bonchev–Trinajstić information content (AvgIpc) is 3.00. The van der Waals surface area contributed by atoms with E-state index < -0.39 is 0 Å². The molecule has 3 rings (SSSR count). The highest BCUT2D eigenvalue weighted by atomic mass is 32.1. The molecule has 0 N–H and O–H groups in total. The summed E-state index contributed by atoms with van der Waals surface area (Å²) < 4.78 is 13.8. The van der Waals surface area contributed by atoms with E-state index in [0.29, 0.717) is 16.9 Å². The van der Waals surface area contributed by atoms with Gasteiger partial charge >= 0.3 is 0 Å². The summed E-state index contributed by atoms with van der Waals surface area (Å²) in [5.74, 6) is -0.196. The van der Waals surface area contributed by atoms with Gasteiger partial charge in [0.1, 0.15) is 5.82 Å². The SMILES string of the molecule is Cc1ccc(CC(=O)c2ccc(-c3ccccc3F)s2)cc1. The fraction of sp³-hybridized carbons (Fsp3) is 0.105. The highest BCUT2D eigenvalue weighted by Gasteiger charge is 2.13. The number of carbonyl (C=O) groups is 1. The lowest BCUT2D eigenvalue weighted by Crippen LogP contribution is -2.00. The Kier molecular flexibility index (Phi) is 4.16. The molecule has 22 heavy (non-hydrogen) atoms. The molecule has 0 saturated heterocycles. The number of aryl methyl sites for hydroxylation is 1. The van der Waals surface area contributed by atoms with Crippen LogP contribution in [-0.4, -0.2) is 5.78 Å². The zero-order valence-corrected chi connectivity index (χ0v) is 13.0. The molecule has 110 valence electrons. The first-order valence-electron chi connectivity index (χ1n) is 7.07. The Bertz CT molecular complexity index is 802. The van der Waals surface area contributed by atoms with Gasteiger partial charge in [0.2, 0.25) is 0 Å². The van der Waals surface area contributed by atoms with Crippen LogP contribution in [0.3, 0.4) is 0 Å². The van der Waals surface area contributed by atoms with Crippen LogP contribution in [0.5, 0.6) is 0 Å². The largest absolute Gasteiger partial charge is 0.293 e. The molecule has 1 nitrogen and oxygen atoms in total. The standard InChI is InChI=1S/C19H15FOS/c1-13-6-8-14(9-7-13)12-17(21)19-11-10-18(22-19)15-4-2-3-5-16(15)20/h2-11H,12H2,1H3. The Labute approximate surface area is 133 Å². The van der Waals surface area contributed by atoms with Crippen molar-refractivity contribution in [3.63, 3.8) is 0 Å². The molecule has 0 saturated carbocycles. The van der Waals surface area contributed by atoms with Gasteiger partial charge in [0.05, 0.1) is 4.88 Å². The van der Waals surface area contributed by atoms with E-state index in [1.165, 1.54) is 23.0 Å². The van der Waals surface area contributed by atoms with E-state index in [1.54, 1.807) is 24.3 Å². The van der Waals surface area contributed by atoms with Crippen LogP contribution in [0.4, 0.5) is 4.39 Å². The van der Waals surface area contributed by atoms with Gasteiger partial charge in [-0.25, -0.2) is 4.39 Å². The molecule has 0 radical (unpaired) electrons. The first-order valence-corrected chi connectivity index (χ1v) is 7.88. The third kappa shape index (κ3) is 3.15.